The van der Waals surface area contributed by atoms with Gasteiger partial charge >= 0.3 is 12.1 Å². The number of amides is 1. The molecule has 0 aliphatic heterocycles. The van der Waals surface area contributed by atoms with Crippen molar-refractivity contribution in [3.05, 3.63) is 29.1 Å². The number of hydrogen-bond acceptors (Lipinski definition) is 3. The minimum absolute atomic E-state index is 0.0962. The highest BCUT2D eigenvalue weighted by Gasteiger charge is 2.33. The number of aryl methyl sites for hydroxylation is 1. The van der Waals surface area contributed by atoms with Gasteiger partial charge in [-0.3, -0.25) is 9.59 Å². The zero-order valence-corrected chi connectivity index (χ0v) is 10.1. The Balaban J connectivity index is 2.97. The van der Waals surface area contributed by atoms with Crippen molar-refractivity contribution in [1.29, 1.82) is 0 Å². The first-order chi connectivity index (χ1) is 8.62. The molecule has 0 aliphatic rings. The Kier molecular flexibility index (Phi) is 4.13. The molecule has 0 aliphatic carbocycles. The molecule has 0 bridgehead atoms. The quantitative estimate of drug-likeness (QED) is 0.879. The number of pyridine rings is 1. The van der Waals surface area contributed by atoms with Crippen molar-refractivity contribution in [3.8, 4) is 0 Å². The Bertz CT molecular complexity index is 514. The van der Waals surface area contributed by atoms with Crippen LogP contribution in [0.3, 0.4) is 0 Å². The van der Waals surface area contributed by atoms with E-state index in [1.807, 2.05) is 0 Å². The number of alkyl halides is 3. The monoisotopic (exact) mass is 276 g/mol. The summed E-state index contributed by atoms with van der Waals surface area (Å²) in [5.74, 6) is -2.03. The van der Waals surface area contributed by atoms with Gasteiger partial charge in [-0.05, 0) is 26.0 Å². The van der Waals surface area contributed by atoms with E-state index in [0.717, 1.165) is 6.07 Å². The van der Waals surface area contributed by atoms with Crippen molar-refractivity contribution in [2.45, 2.75) is 26.1 Å². The summed E-state index contributed by atoms with van der Waals surface area (Å²) in [6.45, 7) is 2.49. The summed E-state index contributed by atoms with van der Waals surface area (Å²) >= 11 is 0. The van der Waals surface area contributed by atoms with Crippen molar-refractivity contribution < 1.29 is 27.9 Å². The highest BCUT2D eigenvalue weighted by molar-refractivity contribution is 5.97. The Morgan fingerprint density at radius 2 is 1.95 bits per heavy atom. The highest BCUT2D eigenvalue weighted by atomic mass is 19.4. The molecule has 1 atom stereocenters. The maximum Gasteiger partial charge on any atom is 0.433 e. The number of carboxylic acids is 1. The number of nitrogens with one attached hydrogen (secondary N) is 1. The molecule has 1 aromatic rings. The minimum Gasteiger partial charge on any atom is -0.480 e. The average molecular weight is 276 g/mol. The fourth-order valence-electron chi connectivity index (χ4n) is 1.30. The molecular formula is C11H11F3N2O3. The van der Waals surface area contributed by atoms with Crippen molar-refractivity contribution >= 4 is 11.9 Å². The van der Waals surface area contributed by atoms with E-state index in [1.165, 1.54) is 13.8 Å². The van der Waals surface area contributed by atoms with Crippen LogP contribution in [0.2, 0.25) is 0 Å². The Hall–Kier alpha value is -2.12. The first kappa shape index (κ1) is 14.9. The number of aliphatic carboxylic acids is 1. The van der Waals surface area contributed by atoms with Crippen LogP contribution >= 0.6 is 0 Å². The summed E-state index contributed by atoms with van der Waals surface area (Å²) in [5.41, 5.74) is -1.32. The lowest BCUT2D eigenvalue weighted by Crippen LogP contribution is -2.38. The molecule has 104 valence electrons. The van der Waals surface area contributed by atoms with Gasteiger partial charge in [-0.15, -0.1) is 0 Å². The molecule has 0 radical (unpaired) electrons. The second-order valence-corrected chi connectivity index (χ2v) is 3.86. The molecule has 0 spiro atoms. The van der Waals surface area contributed by atoms with Gasteiger partial charge in [-0.25, -0.2) is 4.98 Å². The molecular weight excluding hydrogens is 265 g/mol. The van der Waals surface area contributed by atoms with Crippen LogP contribution in [0.5, 0.6) is 0 Å². The molecule has 1 amide bonds. The van der Waals surface area contributed by atoms with Gasteiger partial charge in [-0.1, -0.05) is 0 Å². The van der Waals surface area contributed by atoms with E-state index in [4.69, 9.17) is 5.11 Å². The molecule has 0 saturated heterocycles. The molecule has 1 heterocycles. The predicted molar refractivity (Wildman–Crippen MR) is 58.5 cm³/mol. The third-order valence-electron chi connectivity index (χ3n) is 2.34. The van der Waals surface area contributed by atoms with Crippen LogP contribution in [-0.4, -0.2) is 28.0 Å². The Morgan fingerprint density at radius 3 is 2.37 bits per heavy atom. The molecule has 1 rings (SSSR count). The van der Waals surface area contributed by atoms with Gasteiger partial charge in [0.2, 0.25) is 0 Å². The molecule has 0 fully saturated rings. The van der Waals surface area contributed by atoms with Gasteiger partial charge in [0, 0.05) is 0 Å². The highest BCUT2D eigenvalue weighted by Crippen LogP contribution is 2.28. The summed E-state index contributed by atoms with van der Waals surface area (Å²) in [7, 11) is 0. The van der Waals surface area contributed by atoms with Gasteiger partial charge < -0.3 is 10.4 Å². The first-order valence-electron chi connectivity index (χ1n) is 5.21. The van der Waals surface area contributed by atoms with Crippen molar-refractivity contribution in [1.82, 2.24) is 10.3 Å². The van der Waals surface area contributed by atoms with E-state index in [0.29, 0.717) is 6.07 Å². The van der Waals surface area contributed by atoms with Gasteiger partial charge in [-0.2, -0.15) is 13.2 Å². The summed E-state index contributed by atoms with van der Waals surface area (Å²) in [5, 5.41) is 10.8. The summed E-state index contributed by atoms with van der Waals surface area (Å²) < 4.78 is 37.1. The molecule has 1 unspecified atom stereocenters. The Morgan fingerprint density at radius 1 is 1.37 bits per heavy atom. The predicted octanol–water partition coefficient (Wildman–Crippen LogP) is 1.61. The maximum atomic E-state index is 12.4. The molecule has 5 nitrogen and oxygen atoms in total. The largest absolute Gasteiger partial charge is 0.480 e. The number of hydrogen-bond donors (Lipinski definition) is 2. The van der Waals surface area contributed by atoms with Gasteiger partial charge in [0.05, 0.1) is 11.3 Å². The van der Waals surface area contributed by atoms with Crippen LogP contribution in [0.1, 0.15) is 28.7 Å². The lowest BCUT2D eigenvalue weighted by molar-refractivity contribution is -0.141. The average Bonchev–Trinajstić information content (AvgIpc) is 2.27. The zero-order valence-electron chi connectivity index (χ0n) is 10.1. The number of nitrogens with zero attached hydrogens (tertiary/aromatic N) is 1. The second kappa shape index (κ2) is 5.25. The number of carbonyl (C=O) groups is 2. The fraction of sp³-hybridized carbons (Fsp3) is 0.364. The van der Waals surface area contributed by atoms with E-state index in [2.05, 4.69) is 10.3 Å². The number of carboxylic acid groups (broad SMARTS) is 1. The van der Waals surface area contributed by atoms with Crippen LogP contribution in [0.15, 0.2) is 12.1 Å². The maximum absolute atomic E-state index is 12.4. The fourth-order valence-corrected chi connectivity index (χ4v) is 1.30. The summed E-state index contributed by atoms with van der Waals surface area (Å²) in [6, 6.07) is 0.497. The van der Waals surface area contributed by atoms with E-state index in [9.17, 15) is 22.8 Å². The molecule has 0 saturated carbocycles. The number of halogens is 3. The van der Waals surface area contributed by atoms with Crippen molar-refractivity contribution in [2.24, 2.45) is 0 Å². The van der Waals surface area contributed by atoms with E-state index in [-0.39, 0.29) is 11.3 Å². The third-order valence-corrected chi connectivity index (χ3v) is 2.34. The smallest absolute Gasteiger partial charge is 0.433 e. The molecule has 8 heteroatoms. The number of carbonyl (C=O) groups excluding carboxylic acids is 1. The second-order valence-electron chi connectivity index (χ2n) is 3.86. The van der Waals surface area contributed by atoms with Crippen LogP contribution in [-0.2, 0) is 11.0 Å². The van der Waals surface area contributed by atoms with Crippen molar-refractivity contribution in [3.63, 3.8) is 0 Å². The third kappa shape index (κ3) is 3.67. The van der Waals surface area contributed by atoms with E-state index < -0.39 is 29.8 Å². The summed E-state index contributed by atoms with van der Waals surface area (Å²) in [4.78, 5) is 25.5. The van der Waals surface area contributed by atoms with Crippen LogP contribution in [0, 0.1) is 6.92 Å². The number of rotatable bonds is 3. The topological polar surface area (TPSA) is 79.3 Å². The van der Waals surface area contributed by atoms with Gasteiger partial charge in [0.15, 0.2) is 0 Å². The van der Waals surface area contributed by atoms with E-state index in [1.54, 1.807) is 0 Å². The van der Waals surface area contributed by atoms with Gasteiger partial charge in [0.25, 0.3) is 5.91 Å². The summed E-state index contributed by atoms with van der Waals surface area (Å²) in [6.07, 6.45) is -4.59. The minimum atomic E-state index is -4.59. The van der Waals surface area contributed by atoms with Crippen LogP contribution in [0.25, 0.3) is 0 Å². The Labute approximate surface area is 106 Å². The molecule has 19 heavy (non-hydrogen) atoms. The lowest BCUT2D eigenvalue weighted by atomic mass is 10.1. The number of aromatic nitrogens is 1. The SMILES string of the molecule is Cc1nc(C(F)(F)F)ccc1C(=O)NC(C)C(=O)O. The molecule has 1 aromatic heterocycles. The lowest BCUT2D eigenvalue weighted by Gasteiger charge is -2.12. The first-order valence-corrected chi connectivity index (χ1v) is 5.21. The zero-order chi connectivity index (χ0) is 14.8. The normalized spacial score (nSPS) is 12.9. The van der Waals surface area contributed by atoms with Crippen LogP contribution in [0.4, 0.5) is 13.2 Å². The standard InChI is InChI=1S/C11H11F3N2O3/c1-5-7(9(17)16-6(2)10(18)19)3-4-8(15-5)11(12,13)14/h3-4,6H,1-2H3,(H,16,17)(H,18,19). The van der Waals surface area contributed by atoms with E-state index >= 15 is 0 Å². The molecule has 2 N–H and O–H groups in total. The van der Waals surface area contributed by atoms with Crippen LogP contribution < -0.4 is 5.32 Å². The van der Waals surface area contributed by atoms with Gasteiger partial charge in [0.1, 0.15) is 11.7 Å². The van der Waals surface area contributed by atoms with Crippen molar-refractivity contribution in [2.75, 3.05) is 0 Å². The molecule has 0 aromatic carbocycles.